The molecule has 3 aromatic rings. The maximum absolute atomic E-state index is 12.6. The average Bonchev–Trinajstić information content (AvgIpc) is 2.96. The summed E-state index contributed by atoms with van der Waals surface area (Å²) in [5.41, 5.74) is 1.74. The lowest BCUT2D eigenvalue weighted by atomic mass is 10.0. The number of nitrogens with zero attached hydrogens (tertiary/aromatic N) is 1. The van der Waals surface area contributed by atoms with Gasteiger partial charge in [0.2, 0.25) is 0 Å². The number of nitrogens with one attached hydrogen (secondary N) is 2. The number of hydrogen-bond donors (Lipinski definition) is 2. The van der Waals surface area contributed by atoms with E-state index in [1.165, 1.54) is 7.11 Å². The number of hydrogen-bond acceptors (Lipinski definition) is 4. The van der Waals surface area contributed by atoms with E-state index in [1.54, 1.807) is 0 Å². The predicted octanol–water partition coefficient (Wildman–Crippen LogP) is 1.74. The Morgan fingerprint density at radius 2 is 1.96 bits per heavy atom. The molecule has 0 spiro atoms. The Bertz CT molecular complexity index is 1080. The quantitative estimate of drug-likeness (QED) is 0.695. The minimum atomic E-state index is -0.550. The van der Waals surface area contributed by atoms with Crippen LogP contribution in [0.5, 0.6) is 0 Å². The van der Waals surface area contributed by atoms with E-state index in [2.05, 4.69) is 9.97 Å². The molecule has 128 valence electrons. The number of carbonyl (C=O) groups excluding carboxylic acids is 1. The molecule has 0 aliphatic carbocycles. The molecule has 1 atom stereocenters. The van der Waals surface area contributed by atoms with E-state index in [1.807, 2.05) is 34.9 Å². The molecule has 1 aliphatic rings. The number of esters is 1. The number of H-pyrrole nitrogens is 2. The second-order valence-electron chi connectivity index (χ2n) is 6.12. The smallest absolute Gasteiger partial charge is 0.328 e. The first-order chi connectivity index (χ1) is 12.1. The monoisotopic (exact) mass is 339 g/mol. The third kappa shape index (κ3) is 2.31. The van der Waals surface area contributed by atoms with Gasteiger partial charge in [0.15, 0.2) is 0 Å². The molecule has 0 saturated carbocycles. The van der Waals surface area contributed by atoms with E-state index in [4.69, 9.17) is 4.74 Å². The number of benzene rings is 1. The van der Waals surface area contributed by atoms with Crippen molar-refractivity contribution >= 4 is 16.9 Å². The molecule has 7 nitrogen and oxygen atoms in total. The van der Waals surface area contributed by atoms with Crippen LogP contribution in [0.2, 0.25) is 0 Å². The van der Waals surface area contributed by atoms with Crippen LogP contribution in [0.25, 0.3) is 22.2 Å². The highest BCUT2D eigenvalue weighted by Crippen LogP contribution is 2.38. The summed E-state index contributed by atoms with van der Waals surface area (Å²) in [6.07, 6.45) is 2.08. The summed E-state index contributed by atoms with van der Waals surface area (Å²) in [5, 5.41) is 0.400. The summed E-state index contributed by atoms with van der Waals surface area (Å²) < 4.78 is 6.83. The minimum absolute atomic E-state index is 0.350. The van der Waals surface area contributed by atoms with Gasteiger partial charge < -0.3 is 14.3 Å². The van der Waals surface area contributed by atoms with Gasteiger partial charge in [-0.05, 0) is 24.8 Å². The summed E-state index contributed by atoms with van der Waals surface area (Å²) in [7, 11) is 1.36. The number of aromatic nitrogens is 3. The maximum Gasteiger partial charge on any atom is 0.328 e. The number of methoxy groups -OCH3 is 1. The Hall–Kier alpha value is -3.09. The van der Waals surface area contributed by atoms with Crippen molar-refractivity contribution in [3.63, 3.8) is 0 Å². The fourth-order valence-corrected chi connectivity index (χ4v) is 3.72. The van der Waals surface area contributed by atoms with Gasteiger partial charge in [0.25, 0.3) is 5.56 Å². The lowest BCUT2D eigenvalue weighted by Gasteiger charge is -2.26. The minimum Gasteiger partial charge on any atom is -0.467 e. The molecular weight excluding hydrogens is 322 g/mol. The van der Waals surface area contributed by atoms with E-state index in [-0.39, 0.29) is 5.97 Å². The van der Waals surface area contributed by atoms with Crippen LogP contribution < -0.4 is 11.2 Å². The van der Waals surface area contributed by atoms with Crippen molar-refractivity contribution in [3.05, 3.63) is 56.9 Å². The number of fused-ring (bicyclic) bond motifs is 3. The molecule has 0 bridgehead atoms. The van der Waals surface area contributed by atoms with Gasteiger partial charge in [0, 0.05) is 5.69 Å². The molecule has 7 heteroatoms. The molecule has 0 radical (unpaired) electrons. The van der Waals surface area contributed by atoms with Crippen LogP contribution in [-0.2, 0) is 16.0 Å². The van der Waals surface area contributed by atoms with Crippen molar-refractivity contribution in [1.29, 1.82) is 0 Å². The molecule has 3 heterocycles. The third-order valence-corrected chi connectivity index (χ3v) is 4.72. The van der Waals surface area contributed by atoms with E-state index < -0.39 is 17.3 Å². The van der Waals surface area contributed by atoms with Gasteiger partial charge in [0.1, 0.15) is 6.04 Å². The number of ether oxygens (including phenoxy) is 1. The molecule has 1 unspecified atom stereocenters. The first kappa shape index (κ1) is 15.4. The van der Waals surface area contributed by atoms with Gasteiger partial charge in [-0.25, -0.2) is 9.59 Å². The first-order valence-corrected chi connectivity index (χ1v) is 8.14. The van der Waals surface area contributed by atoms with Crippen LogP contribution in [0.3, 0.4) is 0 Å². The number of aryl methyl sites for hydroxylation is 1. The van der Waals surface area contributed by atoms with Crippen molar-refractivity contribution in [2.75, 3.05) is 7.11 Å². The molecule has 1 aliphatic heterocycles. The number of rotatable bonds is 2. The van der Waals surface area contributed by atoms with Crippen LogP contribution >= 0.6 is 0 Å². The van der Waals surface area contributed by atoms with E-state index in [9.17, 15) is 14.4 Å². The van der Waals surface area contributed by atoms with E-state index in [0.717, 1.165) is 17.7 Å². The summed E-state index contributed by atoms with van der Waals surface area (Å²) in [6, 6.07) is 8.88. The Balaban J connectivity index is 2.17. The van der Waals surface area contributed by atoms with Crippen molar-refractivity contribution in [1.82, 2.24) is 14.5 Å². The summed E-state index contributed by atoms with van der Waals surface area (Å²) in [6.45, 7) is 0. The molecule has 25 heavy (non-hydrogen) atoms. The van der Waals surface area contributed by atoms with Crippen LogP contribution in [0, 0.1) is 0 Å². The fraction of sp³-hybridized carbons (Fsp3) is 0.278. The zero-order valence-corrected chi connectivity index (χ0v) is 13.7. The lowest BCUT2D eigenvalue weighted by Crippen LogP contribution is -2.26. The Labute approximate surface area is 142 Å². The van der Waals surface area contributed by atoms with Crippen LogP contribution in [-0.4, -0.2) is 27.6 Å². The topological polar surface area (TPSA) is 97.0 Å². The average molecular weight is 339 g/mol. The van der Waals surface area contributed by atoms with Crippen molar-refractivity contribution in [2.45, 2.75) is 25.3 Å². The highest BCUT2D eigenvalue weighted by Gasteiger charge is 2.33. The van der Waals surface area contributed by atoms with Gasteiger partial charge in [-0.1, -0.05) is 30.3 Å². The Morgan fingerprint density at radius 3 is 2.68 bits per heavy atom. The fourth-order valence-electron chi connectivity index (χ4n) is 3.72. The van der Waals surface area contributed by atoms with Gasteiger partial charge >= 0.3 is 11.7 Å². The van der Waals surface area contributed by atoms with E-state index >= 15 is 0 Å². The SMILES string of the molecule is COC(=O)C1CCCc2c3[nH]c(=O)[nH]c(=O)c3c(-c3ccccc3)n21. The normalized spacial score (nSPS) is 16.6. The first-order valence-electron chi connectivity index (χ1n) is 8.14. The number of aromatic amines is 2. The second kappa shape index (κ2) is 5.77. The standard InChI is InChI=1S/C18H17N3O4/c1-25-17(23)12-9-5-8-11-14-13(16(22)20-18(24)19-14)15(21(11)12)10-6-3-2-4-7-10/h2-4,6-7,12H,5,8-9H2,1H3,(H2,19,20,22,24). The van der Waals surface area contributed by atoms with Crippen LogP contribution in [0.4, 0.5) is 0 Å². The van der Waals surface area contributed by atoms with Crippen LogP contribution in [0.1, 0.15) is 24.6 Å². The molecule has 2 N–H and O–H groups in total. The highest BCUT2D eigenvalue weighted by atomic mass is 16.5. The van der Waals surface area contributed by atoms with E-state index in [0.29, 0.717) is 29.4 Å². The maximum atomic E-state index is 12.6. The molecular formula is C18H17N3O4. The lowest BCUT2D eigenvalue weighted by molar-refractivity contribution is -0.145. The predicted molar refractivity (Wildman–Crippen MR) is 92.6 cm³/mol. The molecule has 2 aromatic heterocycles. The van der Waals surface area contributed by atoms with Crippen molar-refractivity contribution in [3.8, 4) is 11.3 Å². The van der Waals surface area contributed by atoms with Gasteiger partial charge in [-0.3, -0.25) is 9.78 Å². The molecule has 4 rings (SSSR count). The molecule has 0 fully saturated rings. The molecule has 1 aromatic carbocycles. The van der Waals surface area contributed by atoms with Crippen LogP contribution in [0.15, 0.2) is 39.9 Å². The Kier molecular flexibility index (Phi) is 3.56. The summed E-state index contributed by atoms with van der Waals surface area (Å²) >= 11 is 0. The molecule has 0 saturated heterocycles. The van der Waals surface area contributed by atoms with Gasteiger partial charge in [0.05, 0.1) is 23.7 Å². The zero-order chi connectivity index (χ0) is 17.6. The largest absolute Gasteiger partial charge is 0.467 e. The summed E-state index contributed by atoms with van der Waals surface area (Å²) in [5.74, 6) is -0.350. The summed E-state index contributed by atoms with van der Waals surface area (Å²) in [4.78, 5) is 41.7. The Morgan fingerprint density at radius 1 is 1.20 bits per heavy atom. The number of carbonyl (C=O) groups is 1. The van der Waals surface area contributed by atoms with Crippen molar-refractivity contribution in [2.24, 2.45) is 0 Å². The zero-order valence-electron chi connectivity index (χ0n) is 13.7. The third-order valence-electron chi connectivity index (χ3n) is 4.72. The van der Waals surface area contributed by atoms with Gasteiger partial charge in [-0.2, -0.15) is 0 Å². The highest BCUT2D eigenvalue weighted by molar-refractivity contribution is 5.96. The van der Waals surface area contributed by atoms with Gasteiger partial charge in [-0.15, -0.1) is 0 Å². The molecule has 0 amide bonds. The second-order valence-corrected chi connectivity index (χ2v) is 6.12. The van der Waals surface area contributed by atoms with Crippen molar-refractivity contribution < 1.29 is 9.53 Å².